The first-order valence-electron chi connectivity index (χ1n) is 7.39. The summed E-state index contributed by atoms with van der Waals surface area (Å²) in [6, 6.07) is 7.25. The number of benzene rings is 2. The van der Waals surface area contributed by atoms with Crippen molar-refractivity contribution in [2.75, 3.05) is 20.5 Å². The first kappa shape index (κ1) is 12.8. The van der Waals surface area contributed by atoms with Gasteiger partial charge < -0.3 is 28.8 Å². The maximum absolute atomic E-state index is 9.91. The zero-order chi connectivity index (χ0) is 15.6. The van der Waals surface area contributed by atoms with Gasteiger partial charge >= 0.3 is 0 Å². The van der Waals surface area contributed by atoms with Gasteiger partial charge in [-0.05, 0) is 18.2 Å². The number of hydrogen-bond acceptors (Lipinski definition) is 6. The van der Waals surface area contributed by atoms with E-state index >= 15 is 0 Å². The van der Waals surface area contributed by atoms with Gasteiger partial charge in [-0.15, -0.1) is 0 Å². The van der Waals surface area contributed by atoms with Crippen molar-refractivity contribution in [1.82, 2.24) is 0 Å². The lowest BCUT2D eigenvalue weighted by Crippen LogP contribution is -2.23. The molecular formula is C17H14O6. The molecule has 0 fully saturated rings. The van der Waals surface area contributed by atoms with Crippen molar-refractivity contribution in [2.24, 2.45) is 0 Å². The molecule has 2 aromatic rings. The Morgan fingerprint density at radius 2 is 1.87 bits per heavy atom. The Morgan fingerprint density at radius 3 is 2.70 bits per heavy atom. The Labute approximate surface area is 132 Å². The SMILES string of the molecule is COc1c(O)ccc2c1OC[C@@H]1c3cc4c(cc3O[C@@H]21)OCO4. The van der Waals surface area contributed by atoms with Gasteiger partial charge in [0.15, 0.2) is 23.0 Å². The van der Waals surface area contributed by atoms with Gasteiger partial charge in [0.05, 0.1) is 19.6 Å². The highest BCUT2D eigenvalue weighted by Gasteiger charge is 2.43. The monoisotopic (exact) mass is 314 g/mol. The van der Waals surface area contributed by atoms with Gasteiger partial charge in [0.2, 0.25) is 12.5 Å². The lowest BCUT2D eigenvalue weighted by molar-refractivity contribution is 0.134. The van der Waals surface area contributed by atoms with Gasteiger partial charge in [0.1, 0.15) is 11.9 Å². The maximum Gasteiger partial charge on any atom is 0.231 e. The van der Waals surface area contributed by atoms with E-state index in [1.165, 1.54) is 7.11 Å². The van der Waals surface area contributed by atoms with Crippen LogP contribution < -0.4 is 23.7 Å². The summed E-state index contributed by atoms with van der Waals surface area (Å²) in [5.74, 6) is 3.24. The van der Waals surface area contributed by atoms with Crippen molar-refractivity contribution in [3.8, 4) is 34.5 Å². The zero-order valence-corrected chi connectivity index (χ0v) is 12.4. The lowest BCUT2D eigenvalue weighted by Gasteiger charge is -2.29. The summed E-state index contributed by atoms with van der Waals surface area (Å²) in [5, 5.41) is 9.91. The minimum Gasteiger partial charge on any atom is -0.504 e. The Morgan fingerprint density at radius 1 is 1.04 bits per heavy atom. The summed E-state index contributed by atoms with van der Waals surface area (Å²) in [6.07, 6.45) is -0.175. The van der Waals surface area contributed by atoms with Crippen LogP contribution in [0, 0.1) is 0 Å². The quantitative estimate of drug-likeness (QED) is 0.873. The van der Waals surface area contributed by atoms with Crippen LogP contribution in [0.25, 0.3) is 0 Å². The number of ether oxygens (including phenoxy) is 5. The molecule has 0 saturated carbocycles. The summed E-state index contributed by atoms with van der Waals surface area (Å²) in [7, 11) is 1.51. The highest BCUT2D eigenvalue weighted by Crippen LogP contribution is 2.56. The van der Waals surface area contributed by atoms with Crippen molar-refractivity contribution in [1.29, 1.82) is 0 Å². The van der Waals surface area contributed by atoms with E-state index in [-0.39, 0.29) is 24.6 Å². The number of phenols is 1. The van der Waals surface area contributed by atoms with Crippen molar-refractivity contribution in [3.63, 3.8) is 0 Å². The van der Waals surface area contributed by atoms with Gasteiger partial charge in [-0.3, -0.25) is 0 Å². The van der Waals surface area contributed by atoms with Crippen LogP contribution in [-0.2, 0) is 0 Å². The minimum absolute atomic E-state index is 0.0565. The van der Waals surface area contributed by atoms with E-state index in [0.717, 1.165) is 22.6 Å². The molecule has 6 heteroatoms. The van der Waals surface area contributed by atoms with Gasteiger partial charge in [0.25, 0.3) is 0 Å². The lowest BCUT2D eigenvalue weighted by atomic mass is 9.89. The fourth-order valence-electron chi connectivity index (χ4n) is 3.48. The van der Waals surface area contributed by atoms with Crippen molar-refractivity contribution in [2.45, 2.75) is 12.0 Å². The van der Waals surface area contributed by atoms with E-state index in [1.54, 1.807) is 6.07 Å². The molecule has 0 unspecified atom stereocenters. The molecule has 0 saturated heterocycles. The molecular weight excluding hydrogens is 300 g/mol. The Hall–Kier alpha value is -2.76. The molecule has 2 aromatic carbocycles. The standard InChI is InChI=1S/C17H14O6/c1-19-17-11(18)3-2-8-15-10(6-20-16(8)17)9-4-13-14(22-7-21-13)5-12(9)23-15/h2-5,10,15,18H,6-7H2,1H3/t10-,15+/m1/s1. The molecule has 6 nitrogen and oxygen atoms in total. The number of fused-ring (bicyclic) bond motifs is 6. The topological polar surface area (TPSA) is 66.4 Å². The van der Waals surface area contributed by atoms with Gasteiger partial charge in [-0.25, -0.2) is 0 Å². The van der Waals surface area contributed by atoms with Gasteiger partial charge in [0, 0.05) is 17.2 Å². The zero-order valence-electron chi connectivity index (χ0n) is 12.4. The molecule has 0 spiro atoms. The average Bonchev–Trinajstić information content (AvgIpc) is 3.15. The van der Waals surface area contributed by atoms with E-state index in [1.807, 2.05) is 18.2 Å². The van der Waals surface area contributed by atoms with Crippen molar-refractivity contribution < 1.29 is 28.8 Å². The van der Waals surface area contributed by atoms with Crippen LogP contribution in [-0.4, -0.2) is 25.6 Å². The number of hydrogen-bond donors (Lipinski definition) is 1. The minimum atomic E-state index is -0.175. The Bertz CT molecular complexity index is 815. The second kappa shape index (κ2) is 4.38. The number of phenolic OH excluding ortho intramolecular Hbond substituents is 1. The van der Waals surface area contributed by atoms with Gasteiger partial charge in [-0.1, -0.05) is 0 Å². The molecule has 0 amide bonds. The van der Waals surface area contributed by atoms with Crippen LogP contribution in [0.4, 0.5) is 0 Å². The van der Waals surface area contributed by atoms with Crippen molar-refractivity contribution >= 4 is 0 Å². The molecule has 23 heavy (non-hydrogen) atoms. The molecule has 0 radical (unpaired) electrons. The second-order valence-corrected chi connectivity index (χ2v) is 5.74. The molecule has 3 aliphatic rings. The Balaban J connectivity index is 1.61. The predicted octanol–water partition coefficient (Wildman–Crippen LogP) is 2.74. The number of rotatable bonds is 1. The van der Waals surface area contributed by atoms with E-state index < -0.39 is 0 Å². The third-order valence-electron chi connectivity index (χ3n) is 4.56. The molecule has 0 aromatic heterocycles. The summed E-state index contributed by atoms with van der Waals surface area (Å²) < 4.78 is 28.2. The molecule has 3 heterocycles. The summed E-state index contributed by atoms with van der Waals surface area (Å²) >= 11 is 0. The fourth-order valence-corrected chi connectivity index (χ4v) is 3.48. The predicted molar refractivity (Wildman–Crippen MR) is 78.8 cm³/mol. The molecule has 118 valence electrons. The van der Waals surface area contributed by atoms with Gasteiger partial charge in [-0.2, -0.15) is 0 Å². The highest BCUT2D eigenvalue weighted by atomic mass is 16.7. The Kier molecular flexibility index (Phi) is 2.43. The third-order valence-corrected chi connectivity index (χ3v) is 4.56. The maximum atomic E-state index is 9.91. The van der Waals surface area contributed by atoms with E-state index in [2.05, 4.69) is 0 Å². The molecule has 3 aliphatic heterocycles. The van der Waals surface area contributed by atoms with E-state index in [9.17, 15) is 5.11 Å². The van der Waals surface area contributed by atoms with E-state index in [0.29, 0.717) is 23.9 Å². The molecule has 0 aliphatic carbocycles. The summed E-state index contributed by atoms with van der Waals surface area (Å²) in [5.41, 5.74) is 1.92. The summed E-state index contributed by atoms with van der Waals surface area (Å²) in [4.78, 5) is 0. The van der Waals surface area contributed by atoms with Crippen molar-refractivity contribution in [3.05, 3.63) is 35.4 Å². The first-order valence-corrected chi connectivity index (χ1v) is 7.39. The molecule has 0 bridgehead atoms. The van der Waals surface area contributed by atoms with Crippen LogP contribution in [0.5, 0.6) is 34.5 Å². The molecule has 5 rings (SSSR count). The summed E-state index contributed by atoms with van der Waals surface area (Å²) in [6.45, 7) is 0.687. The average molecular weight is 314 g/mol. The fraction of sp³-hybridized carbons (Fsp3) is 0.294. The van der Waals surface area contributed by atoms with Crippen LogP contribution in [0.15, 0.2) is 24.3 Å². The van der Waals surface area contributed by atoms with Crippen LogP contribution in [0.2, 0.25) is 0 Å². The smallest absolute Gasteiger partial charge is 0.231 e. The largest absolute Gasteiger partial charge is 0.504 e. The van der Waals surface area contributed by atoms with Crippen LogP contribution >= 0.6 is 0 Å². The number of aromatic hydroxyl groups is 1. The second-order valence-electron chi connectivity index (χ2n) is 5.74. The van der Waals surface area contributed by atoms with Crippen LogP contribution in [0.3, 0.4) is 0 Å². The molecule has 2 atom stereocenters. The first-order chi connectivity index (χ1) is 11.3. The van der Waals surface area contributed by atoms with E-state index in [4.69, 9.17) is 23.7 Å². The molecule has 1 N–H and O–H groups in total. The normalized spacial score (nSPS) is 22.5. The number of methoxy groups -OCH3 is 1. The third kappa shape index (κ3) is 1.63. The van der Waals surface area contributed by atoms with Crippen LogP contribution in [0.1, 0.15) is 23.1 Å². The highest BCUT2D eigenvalue weighted by molar-refractivity contribution is 5.61.